The maximum atomic E-state index is 4.17. The Hall–Kier alpha value is -1.40. The monoisotopic (exact) mass is 276 g/mol. The molecule has 2 aromatic rings. The first-order chi connectivity index (χ1) is 8.74. The van der Waals surface area contributed by atoms with Crippen LogP contribution in [0.25, 0.3) is 9.74 Å². The van der Waals surface area contributed by atoms with E-state index in [4.69, 9.17) is 0 Å². The average Bonchev–Trinajstić information content (AvgIpc) is 3.04. The van der Waals surface area contributed by atoms with Crippen molar-refractivity contribution in [3.05, 3.63) is 41.1 Å². The normalized spacial score (nSPS) is 22.1. The van der Waals surface area contributed by atoms with E-state index in [2.05, 4.69) is 45.1 Å². The largest absolute Gasteiger partial charge is 0.366 e. The molecule has 1 N–H and O–H groups in total. The first kappa shape index (κ1) is 10.5. The minimum absolute atomic E-state index is 0.309. The molecule has 6 heteroatoms. The number of thiazole rings is 1. The predicted octanol–water partition coefficient (Wildman–Crippen LogP) is 2.80. The van der Waals surface area contributed by atoms with E-state index in [9.17, 15) is 0 Å². The maximum Gasteiger partial charge on any atom is 0.130 e. The number of hydrogen-bond donors (Lipinski definition) is 1. The van der Waals surface area contributed by atoms with Crippen LogP contribution in [0.15, 0.2) is 30.5 Å². The molecule has 0 radical (unpaired) electrons. The molecule has 0 spiro atoms. The van der Waals surface area contributed by atoms with Gasteiger partial charge < -0.3 is 5.32 Å². The van der Waals surface area contributed by atoms with Gasteiger partial charge in [-0.3, -0.25) is 8.71 Å². The average molecular weight is 276 g/mol. The van der Waals surface area contributed by atoms with E-state index in [1.54, 1.807) is 11.3 Å². The minimum Gasteiger partial charge on any atom is -0.366 e. The third-order valence-corrected chi connectivity index (χ3v) is 5.90. The molecular formula is C12H12N4S2. The Morgan fingerprint density at radius 3 is 3.06 bits per heavy atom. The number of rotatable bonds is 1. The van der Waals surface area contributed by atoms with Crippen LogP contribution in [0, 0.1) is 6.92 Å². The molecule has 4 nitrogen and oxygen atoms in total. The molecule has 1 unspecified atom stereocenters. The van der Waals surface area contributed by atoms with E-state index in [1.807, 2.05) is 24.5 Å². The summed E-state index contributed by atoms with van der Waals surface area (Å²) < 4.78 is 4.46. The number of fused-ring (bicyclic) bond motifs is 2. The Morgan fingerprint density at radius 1 is 1.39 bits per heavy atom. The van der Waals surface area contributed by atoms with Crippen molar-refractivity contribution in [2.24, 2.45) is 0 Å². The van der Waals surface area contributed by atoms with Crippen LogP contribution < -0.4 is 5.32 Å². The molecule has 0 fully saturated rings. The highest BCUT2D eigenvalue weighted by Gasteiger charge is 2.31. The van der Waals surface area contributed by atoms with Crippen LogP contribution in [0.3, 0.4) is 0 Å². The van der Waals surface area contributed by atoms with Gasteiger partial charge in [-0.15, -0.1) is 11.3 Å². The first-order valence-corrected chi connectivity index (χ1v) is 7.37. The second-order valence-electron chi connectivity index (χ2n) is 4.46. The summed E-state index contributed by atoms with van der Waals surface area (Å²) in [6, 6.07) is 0. The number of nitrogens with zero attached hydrogens (tertiary/aromatic N) is 3. The number of aryl methyl sites for hydroxylation is 1. The molecule has 4 heterocycles. The van der Waals surface area contributed by atoms with Crippen LogP contribution in [0.4, 0.5) is 0 Å². The van der Waals surface area contributed by atoms with E-state index in [0.717, 1.165) is 0 Å². The topological polar surface area (TPSA) is 32.6 Å². The molecule has 0 amide bonds. The van der Waals surface area contributed by atoms with E-state index >= 15 is 0 Å². The fraction of sp³-hybridized carbons (Fsp3) is 0.250. The fourth-order valence-electron chi connectivity index (χ4n) is 2.32. The summed E-state index contributed by atoms with van der Waals surface area (Å²) in [7, 11) is 0. The van der Waals surface area contributed by atoms with Gasteiger partial charge in [-0.05, 0) is 31.9 Å². The van der Waals surface area contributed by atoms with E-state index in [0.29, 0.717) is 6.17 Å². The van der Waals surface area contributed by atoms with Crippen molar-refractivity contribution >= 4 is 33.0 Å². The van der Waals surface area contributed by atoms with Crippen molar-refractivity contribution in [3.63, 3.8) is 0 Å². The Labute approximate surface area is 113 Å². The van der Waals surface area contributed by atoms with Gasteiger partial charge in [-0.2, -0.15) is 0 Å². The van der Waals surface area contributed by atoms with Gasteiger partial charge in [-0.1, -0.05) is 0 Å². The molecule has 1 atom stereocenters. The van der Waals surface area contributed by atoms with Crippen LogP contribution in [-0.4, -0.2) is 19.9 Å². The lowest BCUT2D eigenvalue weighted by molar-refractivity contribution is 0.508. The molecule has 2 aliphatic rings. The van der Waals surface area contributed by atoms with Crippen LogP contribution in [0.1, 0.15) is 17.5 Å². The molecule has 2 aromatic heterocycles. The highest BCUT2D eigenvalue weighted by molar-refractivity contribution is 8.06. The third-order valence-electron chi connectivity index (χ3n) is 3.29. The third kappa shape index (κ3) is 1.30. The molecular weight excluding hydrogens is 264 g/mol. The highest BCUT2D eigenvalue weighted by Crippen LogP contribution is 2.45. The molecule has 2 aliphatic heterocycles. The van der Waals surface area contributed by atoms with E-state index < -0.39 is 0 Å². The molecule has 0 saturated heterocycles. The van der Waals surface area contributed by atoms with Gasteiger partial charge in [0.1, 0.15) is 17.3 Å². The van der Waals surface area contributed by atoms with Gasteiger partial charge in [0, 0.05) is 22.5 Å². The Morgan fingerprint density at radius 2 is 2.28 bits per heavy atom. The Bertz CT molecular complexity index is 694. The zero-order valence-corrected chi connectivity index (χ0v) is 11.7. The highest BCUT2D eigenvalue weighted by atomic mass is 32.2. The maximum absolute atomic E-state index is 4.17. The summed E-state index contributed by atoms with van der Waals surface area (Å²) in [5.41, 5.74) is 2.55. The summed E-state index contributed by atoms with van der Waals surface area (Å²) in [5, 5.41) is 3.37. The SMILES string of the molecule is CC1=CNC2C=C(c3sc4cncn4c3C)SN12. The smallest absolute Gasteiger partial charge is 0.130 e. The zero-order chi connectivity index (χ0) is 12.3. The lowest BCUT2D eigenvalue weighted by Gasteiger charge is -2.17. The molecule has 0 aliphatic carbocycles. The van der Waals surface area contributed by atoms with Crippen LogP contribution in [0.2, 0.25) is 0 Å². The van der Waals surface area contributed by atoms with Gasteiger partial charge in [0.25, 0.3) is 0 Å². The van der Waals surface area contributed by atoms with Crippen molar-refractivity contribution < 1.29 is 0 Å². The van der Waals surface area contributed by atoms with Crippen LogP contribution >= 0.6 is 23.3 Å². The van der Waals surface area contributed by atoms with Crippen LogP contribution in [-0.2, 0) is 0 Å². The van der Waals surface area contributed by atoms with Crippen molar-refractivity contribution in [3.8, 4) is 0 Å². The second kappa shape index (κ2) is 3.55. The molecule has 18 heavy (non-hydrogen) atoms. The summed E-state index contributed by atoms with van der Waals surface area (Å²) in [6.07, 6.45) is 8.48. The second-order valence-corrected chi connectivity index (χ2v) is 6.51. The molecule has 0 aromatic carbocycles. The Balaban J connectivity index is 1.76. The fourth-order valence-corrected chi connectivity index (χ4v) is 4.65. The number of nitrogens with one attached hydrogen (secondary N) is 1. The number of aromatic nitrogens is 2. The van der Waals surface area contributed by atoms with Gasteiger partial charge in [-0.25, -0.2) is 4.98 Å². The predicted molar refractivity (Wildman–Crippen MR) is 75.9 cm³/mol. The summed E-state index contributed by atoms with van der Waals surface area (Å²) in [6.45, 7) is 4.29. The van der Waals surface area contributed by atoms with E-state index in [-0.39, 0.29) is 0 Å². The van der Waals surface area contributed by atoms with Gasteiger partial charge in [0.05, 0.1) is 11.1 Å². The van der Waals surface area contributed by atoms with Crippen molar-refractivity contribution in [1.29, 1.82) is 0 Å². The Kier molecular flexibility index (Phi) is 2.07. The van der Waals surface area contributed by atoms with E-state index in [1.165, 1.54) is 26.0 Å². The van der Waals surface area contributed by atoms with Crippen molar-refractivity contribution in [1.82, 2.24) is 19.0 Å². The lowest BCUT2D eigenvalue weighted by atomic mass is 10.3. The van der Waals surface area contributed by atoms with Gasteiger partial charge in [0.2, 0.25) is 0 Å². The first-order valence-electron chi connectivity index (χ1n) is 5.78. The molecule has 92 valence electrons. The number of imidazole rings is 1. The molecule has 0 saturated carbocycles. The standard InChI is InChI=1S/C12H12N4S2/c1-7-4-14-10-3-9(18-16(7)10)12-8(2)15-6-13-5-11(15)17-12/h3-6,10,14H,1-2H3. The van der Waals surface area contributed by atoms with Gasteiger partial charge >= 0.3 is 0 Å². The van der Waals surface area contributed by atoms with Crippen molar-refractivity contribution in [2.75, 3.05) is 0 Å². The minimum atomic E-state index is 0.309. The zero-order valence-electron chi connectivity index (χ0n) is 10.0. The molecule has 4 rings (SSSR count). The summed E-state index contributed by atoms with van der Waals surface area (Å²) >= 11 is 3.62. The number of allylic oxidation sites excluding steroid dienone is 1. The summed E-state index contributed by atoms with van der Waals surface area (Å²) in [4.78, 5) is 8.07. The lowest BCUT2D eigenvalue weighted by Crippen LogP contribution is -2.26. The molecule has 0 bridgehead atoms. The summed E-state index contributed by atoms with van der Waals surface area (Å²) in [5.74, 6) is 0. The van der Waals surface area contributed by atoms with Crippen molar-refractivity contribution in [2.45, 2.75) is 20.0 Å². The number of hydrogen-bond acceptors (Lipinski definition) is 5. The quantitative estimate of drug-likeness (QED) is 0.812. The van der Waals surface area contributed by atoms with Gasteiger partial charge in [0.15, 0.2) is 0 Å². The van der Waals surface area contributed by atoms with Crippen LogP contribution in [0.5, 0.6) is 0 Å².